The fourth-order valence-corrected chi connectivity index (χ4v) is 2.34. The number of hydrogen-bond donors (Lipinski definition) is 1. The van der Waals surface area contributed by atoms with Gasteiger partial charge >= 0.3 is 6.18 Å². The highest BCUT2D eigenvalue weighted by Gasteiger charge is 2.34. The Bertz CT molecular complexity index is 618. The largest absolute Gasteiger partial charge is 0.469 e. The molecule has 2 aromatic rings. The van der Waals surface area contributed by atoms with E-state index in [0.29, 0.717) is 12.0 Å². The summed E-state index contributed by atoms with van der Waals surface area (Å²) in [5, 5.41) is 2.97. The maximum atomic E-state index is 13.7. The van der Waals surface area contributed by atoms with Gasteiger partial charge in [0.25, 0.3) is 0 Å². The van der Waals surface area contributed by atoms with Crippen molar-refractivity contribution in [2.45, 2.75) is 25.6 Å². The predicted molar refractivity (Wildman–Crippen MR) is 70.4 cm³/mol. The number of benzene rings is 1. The minimum Gasteiger partial charge on any atom is -0.469 e. The SMILES string of the molecule is CCc1occc1C(NC)c1ccc(C(F)(F)F)c(F)c1. The Kier molecular flexibility index (Phi) is 4.37. The van der Waals surface area contributed by atoms with E-state index in [2.05, 4.69) is 5.32 Å². The zero-order valence-electron chi connectivity index (χ0n) is 11.6. The summed E-state index contributed by atoms with van der Waals surface area (Å²) < 4.78 is 56.8. The summed E-state index contributed by atoms with van der Waals surface area (Å²) in [4.78, 5) is 0. The molecule has 114 valence electrons. The molecule has 0 spiro atoms. The van der Waals surface area contributed by atoms with E-state index in [-0.39, 0.29) is 0 Å². The molecule has 1 heterocycles. The van der Waals surface area contributed by atoms with Crippen molar-refractivity contribution >= 4 is 0 Å². The van der Waals surface area contributed by atoms with Crippen LogP contribution in [-0.4, -0.2) is 7.05 Å². The van der Waals surface area contributed by atoms with E-state index in [4.69, 9.17) is 4.42 Å². The van der Waals surface area contributed by atoms with Crippen LogP contribution in [-0.2, 0) is 12.6 Å². The van der Waals surface area contributed by atoms with E-state index < -0.39 is 23.6 Å². The molecule has 0 radical (unpaired) electrons. The lowest BCUT2D eigenvalue weighted by atomic mass is 9.97. The normalized spacial score (nSPS) is 13.4. The van der Waals surface area contributed by atoms with Crippen LogP contribution in [0.15, 0.2) is 34.9 Å². The molecule has 2 rings (SSSR count). The van der Waals surface area contributed by atoms with Crippen molar-refractivity contribution in [1.82, 2.24) is 5.32 Å². The fraction of sp³-hybridized carbons (Fsp3) is 0.333. The highest BCUT2D eigenvalue weighted by atomic mass is 19.4. The van der Waals surface area contributed by atoms with Gasteiger partial charge in [-0.15, -0.1) is 0 Å². The van der Waals surface area contributed by atoms with Gasteiger partial charge in [-0.05, 0) is 30.8 Å². The van der Waals surface area contributed by atoms with Crippen LogP contribution in [0.5, 0.6) is 0 Å². The smallest absolute Gasteiger partial charge is 0.419 e. The van der Waals surface area contributed by atoms with E-state index in [9.17, 15) is 17.6 Å². The average molecular weight is 301 g/mol. The van der Waals surface area contributed by atoms with Crippen LogP contribution in [0.2, 0.25) is 0 Å². The van der Waals surface area contributed by atoms with Gasteiger partial charge in [0.15, 0.2) is 0 Å². The van der Waals surface area contributed by atoms with Crippen LogP contribution >= 0.6 is 0 Å². The topological polar surface area (TPSA) is 25.2 Å². The molecule has 0 bridgehead atoms. The summed E-state index contributed by atoms with van der Waals surface area (Å²) in [7, 11) is 1.66. The standard InChI is InChI=1S/C15H15F4NO/c1-3-13-10(6-7-21-13)14(20-2)9-4-5-11(12(16)8-9)15(17,18)19/h4-8,14,20H,3H2,1-2H3. The summed E-state index contributed by atoms with van der Waals surface area (Å²) >= 11 is 0. The Balaban J connectivity index is 2.43. The van der Waals surface area contributed by atoms with Crippen molar-refractivity contribution < 1.29 is 22.0 Å². The quantitative estimate of drug-likeness (QED) is 0.851. The summed E-state index contributed by atoms with van der Waals surface area (Å²) in [6.07, 6.45) is -2.54. The molecule has 1 N–H and O–H groups in total. The van der Waals surface area contributed by atoms with Crippen LogP contribution in [0.25, 0.3) is 0 Å². The molecule has 1 unspecified atom stereocenters. The predicted octanol–water partition coefficient (Wildman–Crippen LogP) is 4.31. The molecule has 0 amide bonds. The molecule has 1 aromatic heterocycles. The monoisotopic (exact) mass is 301 g/mol. The van der Waals surface area contributed by atoms with Gasteiger partial charge in [0, 0.05) is 12.0 Å². The first-order valence-corrected chi connectivity index (χ1v) is 6.48. The summed E-state index contributed by atoms with van der Waals surface area (Å²) in [5.41, 5.74) is -0.0535. The first-order valence-electron chi connectivity index (χ1n) is 6.48. The zero-order chi connectivity index (χ0) is 15.6. The second-order valence-electron chi connectivity index (χ2n) is 4.61. The third-order valence-electron chi connectivity index (χ3n) is 3.33. The number of alkyl halides is 3. The van der Waals surface area contributed by atoms with E-state index in [0.717, 1.165) is 23.5 Å². The molecule has 21 heavy (non-hydrogen) atoms. The minimum atomic E-state index is -4.69. The number of aryl methyl sites for hydroxylation is 1. The molecule has 0 fully saturated rings. The van der Waals surface area contributed by atoms with Crippen LogP contribution in [0, 0.1) is 5.82 Å². The Morgan fingerprint density at radius 3 is 2.48 bits per heavy atom. The van der Waals surface area contributed by atoms with E-state index in [1.54, 1.807) is 13.1 Å². The molecule has 6 heteroatoms. The van der Waals surface area contributed by atoms with Crippen molar-refractivity contribution in [3.8, 4) is 0 Å². The molecule has 2 nitrogen and oxygen atoms in total. The van der Waals surface area contributed by atoms with Crippen molar-refractivity contribution in [2.75, 3.05) is 7.05 Å². The number of hydrogen-bond acceptors (Lipinski definition) is 2. The molecule has 0 saturated heterocycles. The van der Waals surface area contributed by atoms with Crippen molar-refractivity contribution in [2.24, 2.45) is 0 Å². The number of halogens is 4. The minimum absolute atomic E-state index is 0.416. The van der Waals surface area contributed by atoms with Gasteiger partial charge < -0.3 is 9.73 Å². The summed E-state index contributed by atoms with van der Waals surface area (Å²) in [5.74, 6) is -0.559. The zero-order valence-corrected chi connectivity index (χ0v) is 11.6. The molecule has 1 atom stereocenters. The molecule has 0 aliphatic carbocycles. The lowest BCUT2D eigenvalue weighted by Crippen LogP contribution is -2.19. The van der Waals surface area contributed by atoms with Crippen LogP contribution in [0.4, 0.5) is 17.6 Å². The highest BCUT2D eigenvalue weighted by Crippen LogP contribution is 2.34. The van der Waals surface area contributed by atoms with Crippen molar-refractivity contribution in [1.29, 1.82) is 0 Å². The highest BCUT2D eigenvalue weighted by molar-refractivity contribution is 5.36. The van der Waals surface area contributed by atoms with Gasteiger partial charge in [0.2, 0.25) is 0 Å². The lowest BCUT2D eigenvalue weighted by Gasteiger charge is -2.18. The van der Waals surface area contributed by atoms with Crippen molar-refractivity contribution in [3.63, 3.8) is 0 Å². The van der Waals surface area contributed by atoms with Gasteiger partial charge in [-0.3, -0.25) is 0 Å². The van der Waals surface area contributed by atoms with Gasteiger partial charge in [0.1, 0.15) is 11.6 Å². The molecule has 0 saturated carbocycles. The summed E-state index contributed by atoms with van der Waals surface area (Å²) in [6.45, 7) is 1.91. The van der Waals surface area contributed by atoms with E-state index >= 15 is 0 Å². The van der Waals surface area contributed by atoms with Crippen LogP contribution in [0.1, 0.15) is 35.4 Å². The van der Waals surface area contributed by atoms with E-state index in [1.807, 2.05) is 6.92 Å². The first-order chi connectivity index (χ1) is 9.88. The molecule has 0 aliphatic heterocycles. The average Bonchev–Trinajstić information content (AvgIpc) is 2.86. The van der Waals surface area contributed by atoms with Gasteiger partial charge in [-0.1, -0.05) is 13.0 Å². The number of furan rings is 1. The Hall–Kier alpha value is -1.82. The van der Waals surface area contributed by atoms with Crippen molar-refractivity contribution in [3.05, 3.63) is 58.8 Å². The molecular formula is C15H15F4NO. The molecule has 0 aliphatic rings. The Labute approximate surface area is 119 Å². The van der Waals surface area contributed by atoms with E-state index in [1.165, 1.54) is 12.3 Å². The Morgan fingerprint density at radius 1 is 1.24 bits per heavy atom. The number of nitrogens with one attached hydrogen (secondary N) is 1. The van der Waals surface area contributed by atoms with Crippen LogP contribution in [0.3, 0.4) is 0 Å². The second-order valence-corrected chi connectivity index (χ2v) is 4.61. The maximum Gasteiger partial charge on any atom is 0.419 e. The van der Waals surface area contributed by atoms with Gasteiger partial charge in [0.05, 0.1) is 17.9 Å². The van der Waals surface area contributed by atoms with Gasteiger partial charge in [-0.2, -0.15) is 13.2 Å². The maximum absolute atomic E-state index is 13.7. The second kappa shape index (κ2) is 5.89. The number of rotatable bonds is 4. The van der Waals surface area contributed by atoms with Crippen LogP contribution < -0.4 is 5.32 Å². The molecule has 1 aromatic carbocycles. The third kappa shape index (κ3) is 3.10. The van der Waals surface area contributed by atoms with Gasteiger partial charge in [-0.25, -0.2) is 4.39 Å². The molecular weight excluding hydrogens is 286 g/mol. The summed E-state index contributed by atoms with van der Waals surface area (Å²) in [6, 6.07) is 4.27. The first kappa shape index (κ1) is 15.6. The fourth-order valence-electron chi connectivity index (χ4n) is 2.34. The lowest BCUT2D eigenvalue weighted by molar-refractivity contribution is -0.140. The Morgan fingerprint density at radius 2 is 1.95 bits per heavy atom. The third-order valence-corrected chi connectivity index (χ3v) is 3.33.